The van der Waals surface area contributed by atoms with E-state index in [2.05, 4.69) is 5.10 Å². The molecular formula is C23H21N3O4S. The Hall–Kier alpha value is -3.46. The molecule has 8 heteroatoms. The van der Waals surface area contributed by atoms with Crippen molar-refractivity contribution in [2.45, 2.75) is 18.4 Å². The molecule has 0 bridgehead atoms. The Kier molecular flexibility index (Phi) is 5.60. The van der Waals surface area contributed by atoms with Crippen LogP contribution in [-0.4, -0.2) is 23.3 Å². The van der Waals surface area contributed by atoms with E-state index in [-0.39, 0.29) is 10.5 Å². The van der Waals surface area contributed by atoms with Gasteiger partial charge in [-0.25, -0.2) is 18.2 Å². The Bertz CT molecular complexity index is 1310. The second-order valence-electron chi connectivity index (χ2n) is 7.02. The molecule has 3 aromatic carbocycles. The van der Waals surface area contributed by atoms with Gasteiger partial charge in [-0.15, -0.1) is 0 Å². The maximum absolute atomic E-state index is 11.7. The smallest absolute Gasteiger partial charge is 0.238 e. The van der Waals surface area contributed by atoms with Crippen LogP contribution in [0, 0.1) is 6.92 Å². The number of para-hydroxylation sites is 1. The van der Waals surface area contributed by atoms with Crippen LogP contribution < -0.4 is 9.88 Å². The highest BCUT2D eigenvalue weighted by atomic mass is 32.2. The van der Waals surface area contributed by atoms with Gasteiger partial charge in [0.05, 0.1) is 28.6 Å². The van der Waals surface area contributed by atoms with Gasteiger partial charge in [0.2, 0.25) is 10.0 Å². The molecule has 0 aliphatic carbocycles. The van der Waals surface area contributed by atoms with Gasteiger partial charge >= 0.3 is 0 Å². The fraction of sp³-hybridized carbons (Fsp3) is 0.0870. The van der Waals surface area contributed by atoms with Crippen molar-refractivity contribution < 1.29 is 18.3 Å². The first-order valence-corrected chi connectivity index (χ1v) is 11.1. The molecule has 1 heterocycles. The zero-order valence-corrected chi connectivity index (χ0v) is 17.6. The van der Waals surface area contributed by atoms with Gasteiger partial charge < -0.3 is 9.84 Å². The summed E-state index contributed by atoms with van der Waals surface area (Å²) in [5.74, 6) is 1.46. The van der Waals surface area contributed by atoms with Gasteiger partial charge in [-0.05, 0) is 73.2 Å². The molecule has 0 fully saturated rings. The summed E-state index contributed by atoms with van der Waals surface area (Å²) in [7, 11) is -3.94. The van der Waals surface area contributed by atoms with Gasteiger partial charge in [-0.1, -0.05) is 18.2 Å². The topological polar surface area (TPSA) is 107 Å². The average Bonchev–Trinajstić information content (AvgIpc) is 3.15. The minimum Gasteiger partial charge on any atom is -0.457 e. The summed E-state index contributed by atoms with van der Waals surface area (Å²) in [5.41, 5.74) is 3.34. The first kappa shape index (κ1) is 20.8. The van der Waals surface area contributed by atoms with E-state index in [1.54, 1.807) is 16.8 Å². The van der Waals surface area contributed by atoms with Gasteiger partial charge in [-0.2, -0.15) is 5.10 Å². The number of hydrogen-bond acceptors (Lipinski definition) is 5. The molecule has 4 aromatic rings. The highest BCUT2D eigenvalue weighted by Gasteiger charge is 2.17. The molecule has 0 atom stereocenters. The maximum Gasteiger partial charge on any atom is 0.238 e. The number of nitrogens with zero attached hydrogens (tertiary/aromatic N) is 2. The Labute approximate surface area is 180 Å². The molecule has 31 heavy (non-hydrogen) atoms. The van der Waals surface area contributed by atoms with Crippen LogP contribution in [0.25, 0.3) is 16.9 Å². The van der Waals surface area contributed by atoms with Crippen molar-refractivity contribution in [3.63, 3.8) is 0 Å². The third kappa shape index (κ3) is 4.51. The van der Waals surface area contributed by atoms with Crippen LogP contribution in [0.5, 0.6) is 11.5 Å². The van der Waals surface area contributed by atoms with Crippen LogP contribution >= 0.6 is 0 Å². The Morgan fingerprint density at radius 1 is 0.968 bits per heavy atom. The van der Waals surface area contributed by atoms with Crippen molar-refractivity contribution in [2.75, 3.05) is 0 Å². The van der Waals surface area contributed by atoms with Gasteiger partial charge in [0.25, 0.3) is 0 Å². The summed E-state index contributed by atoms with van der Waals surface area (Å²) >= 11 is 0. The number of aliphatic hydroxyl groups excluding tert-OH is 1. The number of primary sulfonamides is 1. The van der Waals surface area contributed by atoms with Crippen molar-refractivity contribution in [3.8, 4) is 28.4 Å². The summed E-state index contributed by atoms with van der Waals surface area (Å²) in [4.78, 5) is -0.105. The van der Waals surface area contributed by atoms with Crippen molar-refractivity contribution in [3.05, 3.63) is 90.1 Å². The fourth-order valence-corrected chi connectivity index (χ4v) is 4.07. The van der Waals surface area contributed by atoms with Gasteiger partial charge in [0.1, 0.15) is 11.5 Å². The van der Waals surface area contributed by atoms with E-state index in [0.717, 1.165) is 22.7 Å². The highest BCUT2D eigenvalue weighted by Crippen LogP contribution is 2.29. The average molecular weight is 436 g/mol. The predicted octanol–water partition coefficient (Wildman–Crippen LogP) is 3.78. The second-order valence-corrected chi connectivity index (χ2v) is 8.55. The Balaban J connectivity index is 1.69. The molecule has 158 valence electrons. The number of benzene rings is 3. The largest absolute Gasteiger partial charge is 0.457 e. The molecule has 0 spiro atoms. The predicted molar refractivity (Wildman–Crippen MR) is 118 cm³/mol. The summed E-state index contributed by atoms with van der Waals surface area (Å²) in [6.45, 7) is 1.42. The van der Waals surface area contributed by atoms with Crippen molar-refractivity contribution >= 4 is 10.0 Å². The number of aliphatic hydroxyl groups is 1. The fourth-order valence-electron chi connectivity index (χ4n) is 3.32. The lowest BCUT2D eigenvalue weighted by Gasteiger charge is -2.12. The molecule has 0 radical (unpaired) electrons. The normalized spacial score (nSPS) is 11.5. The van der Waals surface area contributed by atoms with Crippen molar-refractivity contribution in [2.24, 2.45) is 5.14 Å². The minimum absolute atomic E-state index is 0.105. The number of aromatic nitrogens is 2. The van der Waals surface area contributed by atoms with Crippen LogP contribution in [0.2, 0.25) is 0 Å². The molecule has 0 amide bonds. The second kappa shape index (κ2) is 8.35. The standard InChI is InChI=1S/C23H21N3O4S/c1-16-13-22(17-7-10-21(11-8-17)30-20-5-3-2-4-6-20)26(25-16)19-9-12-23(31(24,28)29)18(14-19)15-27/h2-14,27H,15H2,1H3,(H2,24,28,29). The molecular weight excluding hydrogens is 414 g/mol. The first-order valence-electron chi connectivity index (χ1n) is 9.52. The van der Waals surface area contributed by atoms with E-state index < -0.39 is 16.6 Å². The molecule has 0 saturated carbocycles. The van der Waals surface area contributed by atoms with Crippen molar-refractivity contribution in [1.29, 1.82) is 0 Å². The SMILES string of the molecule is Cc1cc(-c2ccc(Oc3ccccc3)cc2)n(-c2ccc(S(N)(=O)=O)c(CO)c2)n1. The number of nitrogens with two attached hydrogens (primary N) is 1. The zero-order valence-electron chi connectivity index (χ0n) is 16.8. The zero-order chi connectivity index (χ0) is 22.0. The Morgan fingerprint density at radius 3 is 2.29 bits per heavy atom. The van der Waals surface area contributed by atoms with Crippen LogP contribution in [0.3, 0.4) is 0 Å². The van der Waals surface area contributed by atoms with Gasteiger partial charge in [0, 0.05) is 5.56 Å². The Morgan fingerprint density at radius 2 is 1.65 bits per heavy atom. The highest BCUT2D eigenvalue weighted by molar-refractivity contribution is 7.89. The van der Waals surface area contributed by atoms with E-state index in [0.29, 0.717) is 11.4 Å². The van der Waals surface area contributed by atoms with Crippen LogP contribution in [0.1, 0.15) is 11.3 Å². The lowest BCUT2D eigenvalue weighted by Crippen LogP contribution is -2.15. The van der Waals surface area contributed by atoms with Crippen molar-refractivity contribution in [1.82, 2.24) is 9.78 Å². The number of sulfonamides is 1. The molecule has 4 rings (SSSR count). The van der Waals surface area contributed by atoms with E-state index in [1.807, 2.05) is 67.6 Å². The monoisotopic (exact) mass is 435 g/mol. The molecule has 0 unspecified atom stereocenters. The van der Waals surface area contributed by atoms with E-state index in [4.69, 9.17) is 9.88 Å². The molecule has 1 aromatic heterocycles. The maximum atomic E-state index is 11.7. The summed E-state index contributed by atoms with van der Waals surface area (Å²) in [6, 6.07) is 23.6. The first-order chi connectivity index (χ1) is 14.8. The van der Waals surface area contributed by atoms with Crippen LogP contribution in [0.15, 0.2) is 83.8 Å². The summed E-state index contributed by atoms with van der Waals surface area (Å²) in [6.07, 6.45) is 0. The molecule has 3 N–H and O–H groups in total. The number of hydrogen-bond donors (Lipinski definition) is 2. The third-order valence-electron chi connectivity index (χ3n) is 4.73. The summed E-state index contributed by atoms with van der Waals surface area (Å²) in [5, 5.41) is 19.4. The lowest BCUT2D eigenvalue weighted by atomic mass is 10.1. The number of rotatable bonds is 6. The van der Waals surface area contributed by atoms with E-state index in [9.17, 15) is 13.5 Å². The van der Waals surface area contributed by atoms with Crippen LogP contribution in [-0.2, 0) is 16.6 Å². The van der Waals surface area contributed by atoms with Gasteiger partial charge in [-0.3, -0.25) is 0 Å². The van der Waals surface area contributed by atoms with E-state index in [1.165, 1.54) is 6.07 Å². The summed E-state index contributed by atoms with van der Waals surface area (Å²) < 4.78 is 31.0. The number of ether oxygens (including phenoxy) is 1. The molecule has 0 aliphatic heterocycles. The number of aryl methyl sites for hydroxylation is 1. The van der Waals surface area contributed by atoms with Crippen LogP contribution in [0.4, 0.5) is 0 Å². The molecule has 7 nitrogen and oxygen atoms in total. The lowest BCUT2D eigenvalue weighted by molar-refractivity contribution is 0.278. The third-order valence-corrected chi connectivity index (χ3v) is 5.74. The minimum atomic E-state index is -3.94. The van der Waals surface area contributed by atoms with E-state index >= 15 is 0 Å². The molecule has 0 aliphatic rings. The van der Waals surface area contributed by atoms with Gasteiger partial charge in [0.15, 0.2) is 0 Å². The molecule has 0 saturated heterocycles. The quantitative estimate of drug-likeness (QED) is 0.479.